The van der Waals surface area contributed by atoms with Gasteiger partial charge in [0.05, 0.1) is 26.4 Å². The Morgan fingerprint density at radius 2 is 2.12 bits per heavy atom. The lowest BCUT2D eigenvalue weighted by molar-refractivity contribution is -0.115. The van der Waals surface area contributed by atoms with Crippen LogP contribution in [0.1, 0.15) is 6.92 Å². The van der Waals surface area contributed by atoms with E-state index in [-0.39, 0.29) is 5.91 Å². The quantitative estimate of drug-likeness (QED) is 0.491. The molecule has 0 radical (unpaired) electrons. The fourth-order valence-electron chi connectivity index (χ4n) is 1.96. The normalized spacial score (nSPS) is 12.3. The molecular formula is C15H12Cl2N4OS2. The topological polar surface area (TPSA) is 80.9 Å². The second kappa shape index (κ2) is 7.14. The van der Waals surface area contributed by atoms with Gasteiger partial charge in [-0.2, -0.15) is 0 Å². The van der Waals surface area contributed by atoms with Gasteiger partial charge < -0.3 is 11.1 Å². The average molecular weight is 399 g/mol. The van der Waals surface area contributed by atoms with Crippen LogP contribution in [0.15, 0.2) is 34.8 Å². The minimum absolute atomic E-state index is 0.224. The standard InChI is InChI=1S/C15H12Cl2N4OS2/c1-7(13(22)19-10-4-2-3-9(16)11(10)17)24-15-20-12(18)8-5-6-23-14(8)21-15/h2-7H,1H3,(H,19,22)(H2,18,20,21). The van der Waals surface area contributed by atoms with E-state index in [9.17, 15) is 4.79 Å². The van der Waals surface area contributed by atoms with Crippen molar-refractivity contribution in [3.8, 4) is 0 Å². The number of anilines is 2. The molecule has 0 fully saturated rings. The summed E-state index contributed by atoms with van der Waals surface area (Å²) in [5.74, 6) is 0.187. The highest BCUT2D eigenvalue weighted by Gasteiger charge is 2.19. The molecule has 2 heterocycles. The summed E-state index contributed by atoms with van der Waals surface area (Å²) in [6, 6.07) is 6.94. The largest absolute Gasteiger partial charge is 0.383 e. The van der Waals surface area contributed by atoms with Gasteiger partial charge in [-0.15, -0.1) is 11.3 Å². The predicted octanol–water partition coefficient (Wildman–Crippen LogP) is 4.70. The highest BCUT2D eigenvalue weighted by atomic mass is 35.5. The van der Waals surface area contributed by atoms with Gasteiger partial charge in [-0.05, 0) is 30.5 Å². The smallest absolute Gasteiger partial charge is 0.237 e. The number of carbonyl (C=O) groups is 1. The second-order valence-electron chi connectivity index (χ2n) is 4.88. The van der Waals surface area contributed by atoms with Gasteiger partial charge in [-0.3, -0.25) is 4.79 Å². The van der Waals surface area contributed by atoms with Gasteiger partial charge in [0, 0.05) is 0 Å². The summed E-state index contributed by atoms with van der Waals surface area (Å²) in [5.41, 5.74) is 6.39. The molecule has 1 amide bonds. The molecule has 0 aliphatic carbocycles. The number of amides is 1. The zero-order valence-electron chi connectivity index (χ0n) is 12.4. The first-order chi connectivity index (χ1) is 11.5. The van der Waals surface area contributed by atoms with E-state index < -0.39 is 5.25 Å². The SMILES string of the molecule is CC(Sc1nc(N)c2ccsc2n1)C(=O)Nc1cccc(Cl)c1Cl. The number of thiophene rings is 1. The van der Waals surface area contributed by atoms with Gasteiger partial charge in [0.15, 0.2) is 5.16 Å². The van der Waals surface area contributed by atoms with Crippen LogP contribution in [0.2, 0.25) is 10.0 Å². The molecule has 0 aliphatic rings. The molecule has 2 aromatic heterocycles. The van der Waals surface area contributed by atoms with E-state index >= 15 is 0 Å². The Bertz CT molecular complexity index is 916. The first kappa shape index (κ1) is 17.3. The highest BCUT2D eigenvalue weighted by molar-refractivity contribution is 8.00. The number of nitrogens with two attached hydrogens (primary N) is 1. The molecule has 5 nitrogen and oxygen atoms in total. The number of rotatable bonds is 4. The van der Waals surface area contributed by atoms with Gasteiger partial charge in [0.1, 0.15) is 10.6 Å². The van der Waals surface area contributed by atoms with Crippen molar-refractivity contribution in [3.63, 3.8) is 0 Å². The van der Waals surface area contributed by atoms with Gasteiger partial charge in [0.25, 0.3) is 0 Å². The van der Waals surface area contributed by atoms with Crippen LogP contribution in [0, 0.1) is 0 Å². The minimum Gasteiger partial charge on any atom is -0.383 e. The Kier molecular flexibility index (Phi) is 5.15. The van der Waals surface area contributed by atoms with Crippen LogP contribution in [0.25, 0.3) is 10.2 Å². The number of benzene rings is 1. The predicted molar refractivity (Wildman–Crippen MR) is 102 cm³/mol. The number of halogens is 2. The Balaban J connectivity index is 1.74. The van der Waals surface area contributed by atoms with Gasteiger partial charge in [0.2, 0.25) is 5.91 Å². The third kappa shape index (κ3) is 3.59. The van der Waals surface area contributed by atoms with Gasteiger partial charge >= 0.3 is 0 Å². The molecule has 9 heteroatoms. The maximum atomic E-state index is 12.4. The Morgan fingerprint density at radius 3 is 2.92 bits per heavy atom. The Hall–Kier alpha value is -1.54. The highest BCUT2D eigenvalue weighted by Crippen LogP contribution is 2.31. The lowest BCUT2D eigenvalue weighted by atomic mass is 10.3. The molecule has 0 spiro atoms. The van der Waals surface area contributed by atoms with E-state index in [1.54, 1.807) is 25.1 Å². The van der Waals surface area contributed by atoms with Crippen LogP contribution in [0.4, 0.5) is 11.5 Å². The molecule has 0 saturated heterocycles. The average Bonchev–Trinajstić information content (AvgIpc) is 3.00. The van der Waals surface area contributed by atoms with Crippen molar-refractivity contribution in [2.24, 2.45) is 0 Å². The zero-order chi connectivity index (χ0) is 17.3. The Morgan fingerprint density at radius 1 is 1.33 bits per heavy atom. The van der Waals surface area contributed by atoms with E-state index in [4.69, 9.17) is 28.9 Å². The molecule has 1 aromatic carbocycles. The Labute approximate surface area is 156 Å². The van der Waals surface area contributed by atoms with Crippen LogP contribution in [-0.4, -0.2) is 21.1 Å². The number of thioether (sulfide) groups is 1. The number of aromatic nitrogens is 2. The number of hydrogen-bond acceptors (Lipinski definition) is 6. The van der Waals surface area contributed by atoms with E-state index in [2.05, 4.69) is 15.3 Å². The van der Waals surface area contributed by atoms with Crippen molar-refractivity contribution in [3.05, 3.63) is 39.7 Å². The number of nitrogens with zero attached hydrogens (tertiary/aromatic N) is 2. The molecule has 24 heavy (non-hydrogen) atoms. The van der Waals surface area contributed by atoms with Crippen molar-refractivity contribution in [1.29, 1.82) is 0 Å². The van der Waals surface area contributed by atoms with Crippen LogP contribution in [-0.2, 0) is 4.79 Å². The summed E-state index contributed by atoms with van der Waals surface area (Å²) in [4.78, 5) is 21.8. The lowest BCUT2D eigenvalue weighted by Gasteiger charge is -2.13. The van der Waals surface area contributed by atoms with Crippen LogP contribution in [0.3, 0.4) is 0 Å². The summed E-state index contributed by atoms with van der Waals surface area (Å²) >= 11 is 14.7. The number of carbonyl (C=O) groups excluding carboxylic acids is 1. The summed E-state index contributed by atoms with van der Waals surface area (Å²) < 4.78 is 0. The molecular weight excluding hydrogens is 387 g/mol. The lowest BCUT2D eigenvalue weighted by Crippen LogP contribution is -2.23. The molecule has 0 saturated carbocycles. The molecule has 3 N–H and O–H groups in total. The zero-order valence-corrected chi connectivity index (χ0v) is 15.6. The third-order valence-electron chi connectivity index (χ3n) is 3.19. The summed E-state index contributed by atoms with van der Waals surface area (Å²) in [5, 5.41) is 6.21. The molecule has 124 valence electrons. The number of fused-ring (bicyclic) bond motifs is 1. The molecule has 1 atom stereocenters. The molecule has 1 unspecified atom stereocenters. The number of nitrogens with one attached hydrogen (secondary N) is 1. The van der Waals surface area contributed by atoms with Crippen molar-refractivity contribution in [2.45, 2.75) is 17.3 Å². The van der Waals surface area contributed by atoms with E-state index in [1.807, 2.05) is 11.4 Å². The summed E-state index contributed by atoms with van der Waals surface area (Å²) in [6.07, 6.45) is 0. The van der Waals surface area contributed by atoms with Crippen LogP contribution in [0.5, 0.6) is 0 Å². The van der Waals surface area contributed by atoms with Crippen LogP contribution < -0.4 is 11.1 Å². The third-order valence-corrected chi connectivity index (χ3v) is 5.78. The molecule has 3 aromatic rings. The van der Waals surface area contributed by atoms with Crippen molar-refractivity contribution in [2.75, 3.05) is 11.1 Å². The summed E-state index contributed by atoms with van der Waals surface area (Å²) in [7, 11) is 0. The minimum atomic E-state index is -0.433. The second-order valence-corrected chi connectivity index (χ2v) is 7.87. The van der Waals surface area contributed by atoms with E-state index in [0.29, 0.717) is 26.7 Å². The maximum absolute atomic E-state index is 12.4. The van der Waals surface area contributed by atoms with E-state index in [1.165, 1.54) is 23.1 Å². The first-order valence-electron chi connectivity index (χ1n) is 6.88. The molecule has 3 rings (SSSR count). The number of nitrogen functional groups attached to an aromatic ring is 1. The first-order valence-corrected chi connectivity index (χ1v) is 9.39. The van der Waals surface area contributed by atoms with Crippen LogP contribution >= 0.6 is 46.3 Å². The van der Waals surface area contributed by atoms with Crippen molar-refractivity contribution < 1.29 is 4.79 Å². The van der Waals surface area contributed by atoms with E-state index in [0.717, 1.165) is 10.2 Å². The number of hydrogen-bond donors (Lipinski definition) is 2. The monoisotopic (exact) mass is 398 g/mol. The van der Waals surface area contributed by atoms with Gasteiger partial charge in [-0.1, -0.05) is 41.0 Å². The fraction of sp³-hybridized carbons (Fsp3) is 0.133. The van der Waals surface area contributed by atoms with Crippen molar-refractivity contribution in [1.82, 2.24) is 9.97 Å². The summed E-state index contributed by atoms with van der Waals surface area (Å²) in [6.45, 7) is 1.76. The maximum Gasteiger partial charge on any atom is 0.237 e. The fourth-order valence-corrected chi connectivity index (χ4v) is 3.91. The molecule has 0 bridgehead atoms. The van der Waals surface area contributed by atoms with Gasteiger partial charge in [-0.25, -0.2) is 9.97 Å². The van der Waals surface area contributed by atoms with Crippen molar-refractivity contribution >= 4 is 73.9 Å². The molecule has 0 aliphatic heterocycles.